The van der Waals surface area contributed by atoms with Crippen molar-refractivity contribution in [2.45, 2.75) is 13.8 Å². The lowest BCUT2D eigenvalue weighted by molar-refractivity contribution is -0.111. The van der Waals surface area contributed by atoms with Crippen molar-refractivity contribution in [3.05, 3.63) is 46.3 Å². The number of esters is 1. The van der Waals surface area contributed by atoms with E-state index in [0.29, 0.717) is 28.7 Å². The van der Waals surface area contributed by atoms with Gasteiger partial charge in [0, 0.05) is 11.0 Å². The lowest BCUT2D eigenvalue weighted by atomic mass is 10.2. The van der Waals surface area contributed by atoms with Gasteiger partial charge in [0.05, 0.1) is 26.4 Å². The van der Waals surface area contributed by atoms with Gasteiger partial charge in [0.2, 0.25) is 5.91 Å². The predicted octanol–water partition coefficient (Wildman–Crippen LogP) is 3.90. The van der Waals surface area contributed by atoms with Crippen LogP contribution >= 0.6 is 11.3 Å². The number of benzene rings is 1. The number of aryl methyl sites for hydroxylation is 1. The van der Waals surface area contributed by atoms with Crippen LogP contribution in [0.4, 0.5) is 5.00 Å². The number of amides is 1. The fraction of sp³-hybridized carbons (Fsp3) is 0.263. The van der Waals surface area contributed by atoms with Gasteiger partial charge in [-0.3, -0.25) is 4.79 Å². The van der Waals surface area contributed by atoms with Crippen molar-refractivity contribution in [3.8, 4) is 11.5 Å². The maximum absolute atomic E-state index is 12.2. The van der Waals surface area contributed by atoms with E-state index in [4.69, 9.17) is 14.2 Å². The summed E-state index contributed by atoms with van der Waals surface area (Å²) in [7, 11) is 2.87. The lowest BCUT2D eigenvalue weighted by Gasteiger charge is -2.09. The third kappa shape index (κ3) is 4.86. The van der Waals surface area contributed by atoms with Gasteiger partial charge in [0.25, 0.3) is 0 Å². The number of anilines is 1. The number of rotatable bonds is 7. The number of nitrogens with one attached hydrogen (secondary N) is 1. The van der Waals surface area contributed by atoms with E-state index in [1.165, 1.54) is 24.5 Å². The predicted molar refractivity (Wildman–Crippen MR) is 102 cm³/mol. The fourth-order valence-electron chi connectivity index (χ4n) is 2.26. The van der Waals surface area contributed by atoms with E-state index < -0.39 is 5.97 Å². The second kappa shape index (κ2) is 9.05. The molecule has 0 radical (unpaired) electrons. The maximum atomic E-state index is 12.2. The average molecular weight is 375 g/mol. The Morgan fingerprint density at radius 3 is 2.62 bits per heavy atom. The third-order valence-electron chi connectivity index (χ3n) is 3.41. The van der Waals surface area contributed by atoms with Gasteiger partial charge in [0.15, 0.2) is 11.5 Å². The largest absolute Gasteiger partial charge is 0.493 e. The highest BCUT2D eigenvalue weighted by atomic mass is 32.1. The normalized spacial score (nSPS) is 10.6. The van der Waals surface area contributed by atoms with E-state index in [-0.39, 0.29) is 5.91 Å². The molecular formula is C19H21NO5S. The molecule has 0 aliphatic heterocycles. The standard InChI is InChI=1S/C19H21NO5S/c1-5-25-15-8-6-13(11-16(15)23-3)7-9-17(21)20-18-14(19(22)24-4)10-12(2)26-18/h6-11H,5H2,1-4H3,(H,20,21)/b9-7+. The molecular weight excluding hydrogens is 354 g/mol. The highest BCUT2D eigenvalue weighted by Gasteiger charge is 2.16. The number of carbonyl (C=O) groups excluding carboxylic acids is 2. The highest BCUT2D eigenvalue weighted by Crippen LogP contribution is 2.29. The lowest BCUT2D eigenvalue weighted by Crippen LogP contribution is -2.10. The minimum Gasteiger partial charge on any atom is -0.493 e. The van der Waals surface area contributed by atoms with E-state index in [1.54, 1.807) is 31.4 Å². The summed E-state index contributed by atoms with van der Waals surface area (Å²) in [5, 5.41) is 3.18. The summed E-state index contributed by atoms with van der Waals surface area (Å²) in [6.07, 6.45) is 3.05. The number of methoxy groups -OCH3 is 2. The van der Waals surface area contributed by atoms with Crippen molar-refractivity contribution in [2.24, 2.45) is 0 Å². The topological polar surface area (TPSA) is 73.9 Å². The summed E-state index contributed by atoms with van der Waals surface area (Å²) in [5.74, 6) is 0.416. The van der Waals surface area contributed by atoms with E-state index in [1.807, 2.05) is 19.9 Å². The molecule has 0 saturated heterocycles. The zero-order chi connectivity index (χ0) is 19.1. The Hall–Kier alpha value is -2.80. The average Bonchev–Trinajstić information content (AvgIpc) is 3.00. The van der Waals surface area contributed by atoms with E-state index >= 15 is 0 Å². The molecule has 7 heteroatoms. The van der Waals surface area contributed by atoms with Crippen molar-refractivity contribution >= 4 is 34.3 Å². The first-order chi connectivity index (χ1) is 12.5. The smallest absolute Gasteiger partial charge is 0.340 e. The zero-order valence-corrected chi connectivity index (χ0v) is 15.9. The number of hydrogen-bond acceptors (Lipinski definition) is 6. The first kappa shape index (κ1) is 19.5. The van der Waals surface area contributed by atoms with Crippen LogP contribution in [0.25, 0.3) is 6.08 Å². The number of carbonyl (C=O) groups is 2. The summed E-state index contributed by atoms with van der Waals surface area (Å²) in [4.78, 5) is 24.8. The van der Waals surface area contributed by atoms with Gasteiger partial charge in [-0.25, -0.2) is 4.79 Å². The summed E-state index contributed by atoms with van der Waals surface area (Å²) in [5.41, 5.74) is 1.13. The molecule has 0 aliphatic rings. The van der Waals surface area contributed by atoms with Crippen LogP contribution in [0.2, 0.25) is 0 Å². The molecule has 0 bridgehead atoms. The quantitative estimate of drug-likeness (QED) is 0.587. The molecule has 1 aromatic carbocycles. The van der Waals surface area contributed by atoms with Gasteiger partial charge in [-0.1, -0.05) is 6.07 Å². The number of hydrogen-bond donors (Lipinski definition) is 1. The van der Waals surface area contributed by atoms with E-state index in [9.17, 15) is 9.59 Å². The molecule has 1 N–H and O–H groups in total. The van der Waals surface area contributed by atoms with Crippen LogP contribution in [0.5, 0.6) is 11.5 Å². The minimum atomic E-state index is -0.482. The highest BCUT2D eigenvalue weighted by molar-refractivity contribution is 7.16. The van der Waals surface area contributed by atoms with Crippen LogP contribution in [-0.2, 0) is 9.53 Å². The Bertz CT molecular complexity index is 825. The van der Waals surface area contributed by atoms with Crippen LogP contribution in [0.3, 0.4) is 0 Å². The Labute approximate surface area is 156 Å². The number of thiophene rings is 1. The third-order valence-corrected chi connectivity index (χ3v) is 4.38. The molecule has 0 atom stereocenters. The summed E-state index contributed by atoms with van der Waals surface area (Å²) < 4.78 is 15.5. The molecule has 0 aliphatic carbocycles. The van der Waals surface area contributed by atoms with Crippen LogP contribution in [0.1, 0.15) is 27.7 Å². The van der Waals surface area contributed by atoms with Crippen molar-refractivity contribution in [2.75, 3.05) is 26.1 Å². The fourth-order valence-corrected chi connectivity index (χ4v) is 3.16. The summed E-state index contributed by atoms with van der Waals surface area (Å²) in [6, 6.07) is 7.08. The van der Waals surface area contributed by atoms with Crippen molar-refractivity contribution in [3.63, 3.8) is 0 Å². The SMILES string of the molecule is CCOc1ccc(/C=C/C(=O)Nc2sc(C)cc2C(=O)OC)cc1OC. The van der Waals surface area contributed by atoms with Gasteiger partial charge in [-0.05, 0) is 43.7 Å². The van der Waals surface area contributed by atoms with Gasteiger partial charge in [-0.2, -0.15) is 0 Å². The molecule has 1 amide bonds. The van der Waals surface area contributed by atoms with Gasteiger partial charge >= 0.3 is 5.97 Å². The second-order valence-corrected chi connectivity index (χ2v) is 6.51. The van der Waals surface area contributed by atoms with Crippen LogP contribution < -0.4 is 14.8 Å². The summed E-state index contributed by atoms with van der Waals surface area (Å²) >= 11 is 1.32. The van der Waals surface area contributed by atoms with Crippen LogP contribution in [-0.4, -0.2) is 32.7 Å². The van der Waals surface area contributed by atoms with Gasteiger partial charge in [-0.15, -0.1) is 11.3 Å². The Morgan fingerprint density at radius 1 is 1.19 bits per heavy atom. The molecule has 0 spiro atoms. The maximum Gasteiger partial charge on any atom is 0.340 e. The Kier molecular flexibility index (Phi) is 6.80. The molecule has 0 unspecified atom stereocenters. The zero-order valence-electron chi connectivity index (χ0n) is 15.1. The number of ether oxygens (including phenoxy) is 3. The van der Waals surface area contributed by atoms with Crippen LogP contribution in [0.15, 0.2) is 30.3 Å². The van der Waals surface area contributed by atoms with Crippen LogP contribution in [0, 0.1) is 6.92 Å². The van der Waals surface area contributed by atoms with Crippen molar-refractivity contribution in [1.82, 2.24) is 0 Å². The molecule has 1 heterocycles. The van der Waals surface area contributed by atoms with E-state index in [0.717, 1.165) is 10.4 Å². The molecule has 2 aromatic rings. The molecule has 0 fully saturated rings. The minimum absolute atomic E-state index is 0.343. The second-order valence-electron chi connectivity index (χ2n) is 5.26. The van der Waals surface area contributed by atoms with Crippen molar-refractivity contribution < 1.29 is 23.8 Å². The van der Waals surface area contributed by atoms with Gasteiger partial charge in [0.1, 0.15) is 5.00 Å². The van der Waals surface area contributed by atoms with Crippen molar-refractivity contribution in [1.29, 1.82) is 0 Å². The molecule has 6 nitrogen and oxygen atoms in total. The first-order valence-corrected chi connectivity index (χ1v) is 8.78. The Balaban J connectivity index is 2.12. The first-order valence-electron chi connectivity index (χ1n) is 7.97. The Morgan fingerprint density at radius 2 is 1.96 bits per heavy atom. The molecule has 1 aromatic heterocycles. The molecule has 138 valence electrons. The molecule has 2 rings (SSSR count). The molecule has 26 heavy (non-hydrogen) atoms. The summed E-state index contributed by atoms with van der Waals surface area (Å²) in [6.45, 7) is 4.29. The molecule has 0 saturated carbocycles. The monoisotopic (exact) mass is 375 g/mol. The van der Waals surface area contributed by atoms with Gasteiger partial charge < -0.3 is 19.5 Å². The van der Waals surface area contributed by atoms with E-state index in [2.05, 4.69) is 5.32 Å².